The monoisotopic (exact) mass is 417 g/mol. The second-order valence-electron chi connectivity index (χ2n) is 7.86. The lowest BCUT2D eigenvalue weighted by Crippen LogP contribution is -2.58. The molecule has 2 saturated heterocycles. The van der Waals surface area contributed by atoms with Crippen molar-refractivity contribution in [1.29, 1.82) is 0 Å². The fourth-order valence-electron chi connectivity index (χ4n) is 4.07. The highest BCUT2D eigenvalue weighted by Gasteiger charge is 2.36. The number of rotatable bonds is 7. The van der Waals surface area contributed by atoms with E-state index in [1.807, 2.05) is 42.2 Å². The maximum absolute atomic E-state index is 13.4. The summed E-state index contributed by atoms with van der Waals surface area (Å²) in [6, 6.07) is 9.25. The first-order valence-corrected chi connectivity index (χ1v) is 10.6. The topological polar surface area (TPSA) is 79.4 Å². The normalized spacial score (nSPS) is 19.7. The molecule has 2 atom stereocenters. The quantitative estimate of drug-likeness (QED) is 0.626. The van der Waals surface area contributed by atoms with Crippen LogP contribution in [0.4, 0.5) is 4.79 Å². The van der Waals surface area contributed by atoms with Crippen LogP contribution in [0.3, 0.4) is 0 Å². The lowest BCUT2D eigenvalue weighted by Gasteiger charge is -2.41. The van der Waals surface area contributed by atoms with Crippen molar-refractivity contribution in [2.45, 2.75) is 38.3 Å². The first kappa shape index (κ1) is 22.1. The molecule has 0 radical (unpaired) electrons. The number of hydrogen-bond acceptors (Lipinski definition) is 6. The van der Waals surface area contributed by atoms with Crippen molar-refractivity contribution in [2.75, 3.05) is 46.4 Å². The van der Waals surface area contributed by atoms with Crippen LogP contribution < -0.4 is 0 Å². The van der Waals surface area contributed by atoms with E-state index in [4.69, 9.17) is 9.47 Å². The lowest BCUT2D eigenvalue weighted by molar-refractivity contribution is -0.143. The van der Waals surface area contributed by atoms with Gasteiger partial charge in [0.1, 0.15) is 6.04 Å². The second kappa shape index (κ2) is 10.4. The van der Waals surface area contributed by atoms with Crippen molar-refractivity contribution in [3.8, 4) is 0 Å². The second-order valence-corrected chi connectivity index (χ2v) is 7.86. The van der Waals surface area contributed by atoms with Crippen LogP contribution in [0.5, 0.6) is 0 Å². The fraction of sp³-hybridized carbons (Fsp3) is 0.591. The molecule has 1 aromatic carbocycles. The Morgan fingerprint density at radius 3 is 2.43 bits per heavy atom. The Balaban J connectivity index is 1.66. The van der Waals surface area contributed by atoms with Crippen molar-refractivity contribution in [2.24, 2.45) is 0 Å². The average molecular weight is 418 g/mol. The molecule has 0 aliphatic carbocycles. The summed E-state index contributed by atoms with van der Waals surface area (Å²) in [6.07, 6.45) is 1.11. The molecule has 8 nitrogen and oxygen atoms in total. The molecule has 3 rings (SSSR count). The molecule has 0 unspecified atom stereocenters. The summed E-state index contributed by atoms with van der Waals surface area (Å²) >= 11 is 0. The summed E-state index contributed by atoms with van der Waals surface area (Å²) in [5, 5.41) is 0. The minimum Gasteiger partial charge on any atom is -0.469 e. The number of esters is 1. The number of methoxy groups -OCH3 is 1. The van der Waals surface area contributed by atoms with Gasteiger partial charge in [0.05, 0.1) is 20.1 Å². The highest BCUT2D eigenvalue weighted by atomic mass is 16.6. The van der Waals surface area contributed by atoms with E-state index in [0.29, 0.717) is 52.2 Å². The summed E-state index contributed by atoms with van der Waals surface area (Å²) in [7, 11) is 1.39. The predicted molar refractivity (Wildman–Crippen MR) is 111 cm³/mol. The van der Waals surface area contributed by atoms with Gasteiger partial charge in [-0.1, -0.05) is 30.3 Å². The van der Waals surface area contributed by atoms with Crippen LogP contribution in [-0.2, 0) is 25.5 Å². The molecule has 2 heterocycles. The van der Waals surface area contributed by atoms with Crippen LogP contribution in [0, 0.1) is 0 Å². The van der Waals surface area contributed by atoms with E-state index < -0.39 is 12.1 Å². The zero-order chi connectivity index (χ0) is 21.5. The molecule has 2 aliphatic heterocycles. The van der Waals surface area contributed by atoms with Crippen LogP contribution in [0.25, 0.3) is 0 Å². The van der Waals surface area contributed by atoms with Crippen molar-refractivity contribution >= 4 is 18.0 Å². The smallest absolute Gasteiger partial charge is 0.410 e. The van der Waals surface area contributed by atoms with E-state index >= 15 is 0 Å². The zero-order valence-corrected chi connectivity index (χ0v) is 17.8. The van der Waals surface area contributed by atoms with Gasteiger partial charge in [0.15, 0.2) is 0 Å². The summed E-state index contributed by atoms with van der Waals surface area (Å²) in [5.41, 5.74) is 1.01. The molecule has 2 aliphatic rings. The highest BCUT2D eigenvalue weighted by Crippen LogP contribution is 2.18. The molecule has 30 heavy (non-hydrogen) atoms. The van der Waals surface area contributed by atoms with Gasteiger partial charge in [-0.15, -0.1) is 0 Å². The SMILES string of the molecule is COC(=O)C[C@@H](C)N1CCN(C(=O)[C@H](Cc2ccccc2)N2CCCOC2=O)CC1. The van der Waals surface area contributed by atoms with Crippen molar-refractivity contribution in [3.63, 3.8) is 0 Å². The molecular weight excluding hydrogens is 386 g/mol. The van der Waals surface area contributed by atoms with Gasteiger partial charge >= 0.3 is 12.1 Å². The molecule has 2 fully saturated rings. The number of benzene rings is 1. The van der Waals surface area contributed by atoms with E-state index in [9.17, 15) is 14.4 Å². The Morgan fingerprint density at radius 2 is 1.80 bits per heavy atom. The zero-order valence-electron chi connectivity index (χ0n) is 17.8. The van der Waals surface area contributed by atoms with Gasteiger partial charge in [0.2, 0.25) is 5.91 Å². The number of piperazine rings is 1. The van der Waals surface area contributed by atoms with Crippen LogP contribution in [0.15, 0.2) is 30.3 Å². The number of ether oxygens (including phenoxy) is 2. The third-order valence-electron chi connectivity index (χ3n) is 5.88. The third kappa shape index (κ3) is 5.50. The minimum absolute atomic E-state index is 0.0435. The molecule has 0 spiro atoms. The molecule has 164 valence electrons. The Kier molecular flexibility index (Phi) is 7.68. The van der Waals surface area contributed by atoms with Crippen molar-refractivity contribution in [3.05, 3.63) is 35.9 Å². The fourth-order valence-corrected chi connectivity index (χ4v) is 4.07. The molecule has 0 N–H and O–H groups in total. The van der Waals surface area contributed by atoms with Crippen LogP contribution >= 0.6 is 0 Å². The number of carbonyl (C=O) groups excluding carboxylic acids is 3. The minimum atomic E-state index is -0.570. The summed E-state index contributed by atoms with van der Waals surface area (Å²) in [5.74, 6) is -0.273. The van der Waals surface area contributed by atoms with Crippen LogP contribution in [0.2, 0.25) is 0 Å². The van der Waals surface area contributed by atoms with Gasteiger partial charge in [0.25, 0.3) is 0 Å². The number of hydrogen-bond donors (Lipinski definition) is 0. The molecule has 0 bridgehead atoms. The Morgan fingerprint density at radius 1 is 1.10 bits per heavy atom. The number of cyclic esters (lactones) is 1. The summed E-state index contributed by atoms with van der Waals surface area (Å²) in [4.78, 5) is 42.9. The summed E-state index contributed by atoms with van der Waals surface area (Å²) in [6.45, 7) is 5.43. The Bertz CT molecular complexity index is 734. The van der Waals surface area contributed by atoms with E-state index in [2.05, 4.69) is 4.90 Å². The first-order valence-electron chi connectivity index (χ1n) is 10.6. The molecule has 8 heteroatoms. The standard InChI is InChI=1S/C22H31N3O5/c1-17(15-20(26)29-2)23-10-12-24(13-11-23)21(27)19(16-18-7-4-3-5-8-18)25-9-6-14-30-22(25)28/h3-5,7-8,17,19H,6,9-16H2,1-2H3/t17-,19+/m1/s1. The predicted octanol–water partition coefficient (Wildman–Crippen LogP) is 1.54. The molecule has 2 amide bonds. The molecule has 0 aromatic heterocycles. The van der Waals surface area contributed by atoms with Gasteiger partial charge in [0, 0.05) is 45.2 Å². The molecular formula is C22H31N3O5. The average Bonchev–Trinajstić information content (AvgIpc) is 2.78. The number of nitrogens with zero attached hydrogens (tertiary/aromatic N) is 3. The van der Waals surface area contributed by atoms with Gasteiger partial charge < -0.3 is 14.4 Å². The largest absolute Gasteiger partial charge is 0.469 e. The van der Waals surface area contributed by atoms with E-state index in [1.54, 1.807) is 4.90 Å². The van der Waals surface area contributed by atoms with E-state index in [1.165, 1.54) is 7.11 Å². The summed E-state index contributed by atoms with van der Waals surface area (Å²) < 4.78 is 9.96. The number of amides is 2. The Labute approximate surface area is 177 Å². The van der Waals surface area contributed by atoms with E-state index in [-0.39, 0.29) is 17.9 Å². The first-order chi connectivity index (χ1) is 14.5. The van der Waals surface area contributed by atoms with Gasteiger partial charge in [-0.25, -0.2) is 4.79 Å². The number of carbonyl (C=O) groups is 3. The molecule has 1 aromatic rings. The van der Waals surface area contributed by atoms with Crippen LogP contribution in [-0.4, -0.2) is 91.2 Å². The maximum Gasteiger partial charge on any atom is 0.410 e. The maximum atomic E-state index is 13.4. The van der Waals surface area contributed by atoms with Crippen molar-refractivity contribution in [1.82, 2.24) is 14.7 Å². The van der Waals surface area contributed by atoms with Crippen molar-refractivity contribution < 1.29 is 23.9 Å². The Hall–Kier alpha value is -2.61. The highest BCUT2D eigenvalue weighted by molar-refractivity contribution is 5.86. The third-order valence-corrected chi connectivity index (χ3v) is 5.88. The van der Waals surface area contributed by atoms with Gasteiger partial charge in [-0.2, -0.15) is 0 Å². The van der Waals surface area contributed by atoms with Gasteiger partial charge in [-0.3, -0.25) is 19.4 Å². The molecule has 0 saturated carbocycles. The lowest BCUT2D eigenvalue weighted by atomic mass is 10.0. The van der Waals surface area contributed by atoms with Gasteiger partial charge in [-0.05, 0) is 18.9 Å². The van der Waals surface area contributed by atoms with Crippen LogP contribution in [0.1, 0.15) is 25.3 Å². The van der Waals surface area contributed by atoms with E-state index in [0.717, 1.165) is 12.0 Å².